The van der Waals surface area contributed by atoms with Gasteiger partial charge in [0.25, 0.3) is 0 Å². The summed E-state index contributed by atoms with van der Waals surface area (Å²) in [6, 6.07) is 6.16. The first kappa shape index (κ1) is 21.3. The fourth-order valence-corrected chi connectivity index (χ4v) is 3.22. The molecule has 150 valence electrons. The van der Waals surface area contributed by atoms with Gasteiger partial charge in [-0.05, 0) is 30.0 Å². The lowest BCUT2D eigenvalue weighted by molar-refractivity contribution is -0.125. The second kappa shape index (κ2) is 11.0. The quantitative estimate of drug-likeness (QED) is 0.680. The van der Waals surface area contributed by atoms with Crippen LogP contribution >= 0.6 is 0 Å². The highest BCUT2D eigenvalue weighted by Gasteiger charge is 2.22. The number of rotatable bonds is 9. The minimum atomic E-state index is -0.377. The van der Waals surface area contributed by atoms with Crippen LogP contribution in [0.3, 0.4) is 0 Å². The molecule has 0 radical (unpaired) electrons. The molecule has 1 aliphatic heterocycles. The number of halogens is 1. The molecule has 6 nitrogen and oxygen atoms in total. The van der Waals surface area contributed by atoms with Crippen LogP contribution in [-0.2, 0) is 20.7 Å². The van der Waals surface area contributed by atoms with Crippen molar-refractivity contribution in [2.45, 2.75) is 32.7 Å². The van der Waals surface area contributed by atoms with Crippen LogP contribution in [-0.4, -0.2) is 62.1 Å². The van der Waals surface area contributed by atoms with E-state index in [0.29, 0.717) is 18.0 Å². The van der Waals surface area contributed by atoms with Gasteiger partial charge in [-0.3, -0.25) is 14.5 Å². The molecule has 0 saturated carbocycles. The molecule has 27 heavy (non-hydrogen) atoms. The third kappa shape index (κ3) is 8.05. The summed E-state index contributed by atoms with van der Waals surface area (Å²) < 4.78 is 18.5. The van der Waals surface area contributed by atoms with Crippen molar-refractivity contribution in [3.8, 4) is 0 Å². The molecule has 1 fully saturated rings. The first-order chi connectivity index (χ1) is 12.9. The lowest BCUT2D eigenvalue weighted by Gasteiger charge is -2.35. The van der Waals surface area contributed by atoms with E-state index in [1.165, 1.54) is 12.1 Å². The van der Waals surface area contributed by atoms with E-state index in [1.54, 1.807) is 12.1 Å². The highest BCUT2D eigenvalue weighted by molar-refractivity contribution is 5.85. The SMILES string of the molecule is CC(C)CC(CNC(=O)CNC(=O)Cc1cccc(F)c1)N1CCOCC1. The number of hydrogen-bond donors (Lipinski definition) is 2. The van der Waals surface area contributed by atoms with Crippen molar-refractivity contribution in [1.82, 2.24) is 15.5 Å². The van der Waals surface area contributed by atoms with E-state index in [1.807, 2.05) is 0 Å². The molecule has 0 aliphatic carbocycles. The minimum absolute atomic E-state index is 0.0504. The van der Waals surface area contributed by atoms with Crippen molar-refractivity contribution < 1.29 is 18.7 Å². The van der Waals surface area contributed by atoms with E-state index >= 15 is 0 Å². The van der Waals surface area contributed by atoms with Gasteiger partial charge >= 0.3 is 0 Å². The largest absolute Gasteiger partial charge is 0.379 e. The predicted molar refractivity (Wildman–Crippen MR) is 102 cm³/mol. The van der Waals surface area contributed by atoms with Crippen LogP contribution in [0, 0.1) is 11.7 Å². The third-order valence-electron chi connectivity index (χ3n) is 4.54. The van der Waals surface area contributed by atoms with E-state index < -0.39 is 0 Å². The molecule has 0 aromatic heterocycles. The molecular formula is C20H30FN3O3. The Kier molecular flexibility index (Phi) is 8.67. The lowest BCUT2D eigenvalue weighted by Crippen LogP contribution is -2.50. The molecule has 1 unspecified atom stereocenters. The van der Waals surface area contributed by atoms with Crippen LogP contribution in [0.15, 0.2) is 24.3 Å². The summed E-state index contributed by atoms with van der Waals surface area (Å²) in [6.45, 7) is 8.00. The predicted octanol–water partition coefficient (Wildman–Crippen LogP) is 1.35. The smallest absolute Gasteiger partial charge is 0.239 e. The summed E-state index contributed by atoms with van der Waals surface area (Å²) in [5, 5.41) is 5.51. The number of carbonyl (C=O) groups is 2. The molecule has 2 amide bonds. The molecule has 2 rings (SSSR count). The van der Waals surface area contributed by atoms with Gasteiger partial charge < -0.3 is 15.4 Å². The van der Waals surface area contributed by atoms with Crippen molar-refractivity contribution >= 4 is 11.8 Å². The lowest BCUT2D eigenvalue weighted by atomic mass is 10.0. The third-order valence-corrected chi connectivity index (χ3v) is 4.54. The standard InChI is InChI=1S/C20H30FN3O3/c1-15(2)10-18(24-6-8-27-9-7-24)13-22-20(26)14-23-19(25)12-16-4-3-5-17(21)11-16/h3-5,11,15,18H,6-10,12-14H2,1-2H3,(H,22,26)(H,23,25). The fourth-order valence-electron chi connectivity index (χ4n) is 3.22. The van der Waals surface area contributed by atoms with Crippen molar-refractivity contribution in [2.75, 3.05) is 39.4 Å². The number of morpholine rings is 1. The summed E-state index contributed by atoms with van der Waals surface area (Å²) >= 11 is 0. The fraction of sp³-hybridized carbons (Fsp3) is 0.600. The Morgan fingerprint density at radius 1 is 1.19 bits per heavy atom. The van der Waals surface area contributed by atoms with Gasteiger partial charge in [-0.1, -0.05) is 26.0 Å². The Bertz CT molecular complexity index is 618. The van der Waals surface area contributed by atoms with E-state index in [4.69, 9.17) is 4.74 Å². The van der Waals surface area contributed by atoms with Crippen LogP contribution in [0.5, 0.6) is 0 Å². The van der Waals surface area contributed by atoms with E-state index in [0.717, 1.165) is 32.7 Å². The van der Waals surface area contributed by atoms with Gasteiger partial charge in [0.2, 0.25) is 11.8 Å². The Hall–Kier alpha value is -1.99. The topological polar surface area (TPSA) is 70.7 Å². The van der Waals surface area contributed by atoms with Crippen LogP contribution in [0.1, 0.15) is 25.8 Å². The summed E-state index contributed by atoms with van der Waals surface area (Å²) in [7, 11) is 0. The van der Waals surface area contributed by atoms with Gasteiger partial charge in [-0.15, -0.1) is 0 Å². The zero-order chi connectivity index (χ0) is 19.6. The van der Waals surface area contributed by atoms with Gasteiger partial charge in [0, 0.05) is 25.7 Å². The molecule has 1 aromatic rings. The molecule has 1 saturated heterocycles. The van der Waals surface area contributed by atoms with Crippen molar-refractivity contribution in [3.63, 3.8) is 0 Å². The Morgan fingerprint density at radius 3 is 2.59 bits per heavy atom. The molecule has 1 atom stereocenters. The molecule has 7 heteroatoms. The number of ether oxygens (including phenoxy) is 1. The number of hydrogen-bond acceptors (Lipinski definition) is 4. The summed E-state index contributed by atoms with van der Waals surface area (Å²) in [4.78, 5) is 26.4. The first-order valence-electron chi connectivity index (χ1n) is 9.53. The zero-order valence-corrected chi connectivity index (χ0v) is 16.2. The number of carbonyl (C=O) groups excluding carboxylic acids is 2. The van der Waals surface area contributed by atoms with Crippen LogP contribution < -0.4 is 10.6 Å². The second-order valence-corrected chi connectivity index (χ2v) is 7.32. The Labute approximate surface area is 160 Å². The van der Waals surface area contributed by atoms with Gasteiger partial charge in [0.1, 0.15) is 5.82 Å². The maximum absolute atomic E-state index is 13.1. The minimum Gasteiger partial charge on any atom is -0.379 e. The highest BCUT2D eigenvalue weighted by Crippen LogP contribution is 2.13. The highest BCUT2D eigenvalue weighted by atomic mass is 19.1. The average molecular weight is 379 g/mol. The number of benzene rings is 1. The van der Waals surface area contributed by atoms with Crippen molar-refractivity contribution in [2.24, 2.45) is 5.92 Å². The molecule has 1 aliphatic rings. The van der Waals surface area contributed by atoms with Gasteiger partial charge in [0.15, 0.2) is 0 Å². The molecule has 1 heterocycles. The summed E-state index contributed by atoms with van der Waals surface area (Å²) in [6.07, 6.45) is 1.04. The number of amides is 2. The van der Waals surface area contributed by atoms with Crippen LogP contribution in [0.4, 0.5) is 4.39 Å². The van der Waals surface area contributed by atoms with Gasteiger partial charge in [0.05, 0.1) is 26.2 Å². The summed E-state index contributed by atoms with van der Waals surface area (Å²) in [5.41, 5.74) is 0.581. The van der Waals surface area contributed by atoms with Crippen LogP contribution in [0.2, 0.25) is 0 Å². The zero-order valence-electron chi connectivity index (χ0n) is 16.2. The Balaban J connectivity index is 1.73. The molecule has 0 spiro atoms. The molecule has 1 aromatic carbocycles. The molecule has 2 N–H and O–H groups in total. The van der Waals surface area contributed by atoms with E-state index in [9.17, 15) is 14.0 Å². The van der Waals surface area contributed by atoms with Crippen molar-refractivity contribution in [3.05, 3.63) is 35.6 Å². The maximum atomic E-state index is 13.1. The normalized spacial score (nSPS) is 16.1. The van der Waals surface area contributed by atoms with E-state index in [2.05, 4.69) is 29.4 Å². The van der Waals surface area contributed by atoms with Gasteiger partial charge in [-0.2, -0.15) is 0 Å². The Morgan fingerprint density at radius 2 is 1.93 bits per heavy atom. The number of nitrogens with zero attached hydrogens (tertiary/aromatic N) is 1. The molecule has 0 bridgehead atoms. The van der Waals surface area contributed by atoms with Gasteiger partial charge in [-0.25, -0.2) is 4.39 Å². The summed E-state index contributed by atoms with van der Waals surface area (Å²) in [5.74, 6) is -0.370. The first-order valence-corrected chi connectivity index (χ1v) is 9.53. The monoisotopic (exact) mass is 379 g/mol. The van der Waals surface area contributed by atoms with Crippen LogP contribution in [0.25, 0.3) is 0 Å². The van der Waals surface area contributed by atoms with E-state index in [-0.39, 0.29) is 36.6 Å². The van der Waals surface area contributed by atoms with Crippen molar-refractivity contribution in [1.29, 1.82) is 0 Å². The number of nitrogens with one attached hydrogen (secondary N) is 2. The molecular weight excluding hydrogens is 349 g/mol. The average Bonchev–Trinajstić information content (AvgIpc) is 2.64. The second-order valence-electron chi connectivity index (χ2n) is 7.32. The maximum Gasteiger partial charge on any atom is 0.239 e.